The van der Waals surface area contributed by atoms with Crippen molar-refractivity contribution in [2.75, 3.05) is 14.2 Å². The van der Waals surface area contributed by atoms with Gasteiger partial charge in [-0.15, -0.1) is 0 Å². The summed E-state index contributed by atoms with van der Waals surface area (Å²) in [6, 6.07) is 16.3. The van der Waals surface area contributed by atoms with Crippen LogP contribution >= 0.6 is 23.5 Å². The van der Waals surface area contributed by atoms with Crippen LogP contribution in [0.1, 0.15) is 11.1 Å². The Morgan fingerprint density at radius 3 is 2.00 bits per heavy atom. The Labute approximate surface area is 139 Å². The van der Waals surface area contributed by atoms with Gasteiger partial charge in [0.1, 0.15) is 11.5 Å². The minimum absolute atomic E-state index is 0.880. The molecule has 0 spiro atoms. The average molecular weight is 328 g/mol. The molecule has 0 aromatic heterocycles. The second-order valence-corrected chi connectivity index (χ2v) is 6.92. The van der Waals surface area contributed by atoms with Crippen molar-refractivity contribution in [3.63, 3.8) is 0 Å². The molecule has 0 saturated carbocycles. The molecule has 0 aliphatic carbocycles. The molecule has 1 aliphatic rings. The first-order valence-electron chi connectivity index (χ1n) is 6.83. The minimum atomic E-state index is 0.880. The molecule has 1 heterocycles. The monoisotopic (exact) mass is 328 g/mol. The first-order valence-corrected chi connectivity index (χ1v) is 8.53. The fourth-order valence-corrected chi connectivity index (χ4v) is 4.22. The summed E-state index contributed by atoms with van der Waals surface area (Å²) < 4.78 is 11.7. The minimum Gasteiger partial charge on any atom is -0.497 e. The van der Waals surface area contributed by atoms with Gasteiger partial charge in [-0.1, -0.05) is 47.8 Å². The van der Waals surface area contributed by atoms with Crippen LogP contribution < -0.4 is 9.47 Å². The van der Waals surface area contributed by atoms with Gasteiger partial charge in [0.05, 0.1) is 14.2 Å². The van der Waals surface area contributed by atoms with Crippen molar-refractivity contribution in [2.45, 2.75) is 0 Å². The molecule has 2 aromatic rings. The van der Waals surface area contributed by atoms with E-state index in [1.807, 2.05) is 24.3 Å². The third-order valence-electron chi connectivity index (χ3n) is 3.27. The van der Waals surface area contributed by atoms with Crippen LogP contribution in [0.5, 0.6) is 11.5 Å². The molecule has 0 N–H and O–H groups in total. The van der Waals surface area contributed by atoms with E-state index in [1.165, 1.54) is 20.3 Å². The predicted octanol–water partition coefficient (Wildman–Crippen LogP) is 5.48. The van der Waals surface area contributed by atoms with Gasteiger partial charge in [-0.25, -0.2) is 0 Å². The topological polar surface area (TPSA) is 18.5 Å². The van der Waals surface area contributed by atoms with E-state index in [0.717, 1.165) is 11.5 Å². The van der Waals surface area contributed by atoms with Crippen LogP contribution in [0.4, 0.5) is 0 Å². The Kier molecular flexibility index (Phi) is 4.80. The van der Waals surface area contributed by atoms with Gasteiger partial charge in [0.15, 0.2) is 0 Å². The van der Waals surface area contributed by atoms with Gasteiger partial charge in [0.25, 0.3) is 0 Å². The number of thioether (sulfide) groups is 2. The van der Waals surface area contributed by atoms with Crippen LogP contribution in [-0.2, 0) is 0 Å². The van der Waals surface area contributed by atoms with E-state index in [1.54, 1.807) is 37.7 Å². The third-order valence-corrected chi connectivity index (χ3v) is 5.55. The lowest BCUT2D eigenvalue weighted by Crippen LogP contribution is -1.83. The molecule has 0 fully saturated rings. The van der Waals surface area contributed by atoms with Crippen LogP contribution in [-0.4, -0.2) is 14.2 Å². The third kappa shape index (κ3) is 3.51. The first kappa shape index (κ1) is 15.1. The van der Waals surface area contributed by atoms with E-state index in [4.69, 9.17) is 9.47 Å². The zero-order valence-corrected chi connectivity index (χ0v) is 14.0. The lowest BCUT2D eigenvalue weighted by Gasteiger charge is -2.04. The summed E-state index contributed by atoms with van der Waals surface area (Å²) >= 11 is 3.55. The molecule has 4 heteroatoms. The molecule has 0 amide bonds. The number of ether oxygens (including phenoxy) is 2. The standard InChI is InChI=1S/C18H16O2S2/c1-19-15-7-3-13(4-8-15)11-18-21-12-17(22-18)14-5-9-16(20-2)10-6-14/h3-12H,1-2H3/b18-11+. The van der Waals surface area contributed by atoms with E-state index >= 15 is 0 Å². The van der Waals surface area contributed by atoms with E-state index < -0.39 is 0 Å². The lowest BCUT2D eigenvalue weighted by molar-refractivity contribution is 0.414. The van der Waals surface area contributed by atoms with Crippen LogP contribution in [0.3, 0.4) is 0 Å². The number of hydrogen-bond donors (Lipinski definition) is 0. The van der Waals surface area contributed by atoms with Gasteiger partial charge in [-0.05, 0) is 46.9 Å². The quantitative estimate of drug-likeness (QED) is 0.739. The Bertz CT molecular complexity index is 701. The molecule has 0 bridgehead atoms. The van der Waals surface area contributed by atoms with E-state index in [0.29, 0.717) is 0 Å². The van der Waals surface area contributed by atoms with Crippen molar-refractivity contribution in [2.24, 2.45) is 0 Å². The van der Waals surface area contributed by atoms with Crippen LogP contribution in [0.15, 0.2) is 58.2 Å². The molecule has 112 valence electrons. The molecule has 0 atom stereocenters. The maximum Gasteiger partial charge on any atom is 0.118 e. The maximum atomic E-state index is 5.20. The van der Waals surface area contributed by atoms with Gasteiger partial charge in [-0.3, -0.25) is 0 Å². The van der Waals surface area contributed by atoms with E-state index in [-0.39, 0.29) is 0 Å². The largest absolute Gasteiger partial charge is 0.497 e. The highest BCUT2D eigenvalue weighted by molar-refractivity contribution is 8.31. The maximum absolute atomic E-state index is 5.20. The summed E-state index contributed by atoms with van der Waals surface area (Å²) in [6.07, 6.45) is 2.20. The van der Waals surface area contributed by atoms with Crippen molar-refractivity contribution in [3.05, 3.63) is 69.3 Å². The second-order valence-electron chi connectivity index (χ2n) is 4.67. The Morgan fingerprint density at radius 1 is 0.818 bits per heavy atom. The summed E-state index contributed by atoms with van der Waals surface area (Å²) in [4.78, 5) is 1.27. The van der Waals surface area contributed by atoms with Crippen molar-refractivity contribution in [1.82, 2.24) is 0 Å². The Hall–Kier alpha value is -1.78. The van der Waals surface area contributed by atoms with E-state index in [9.17, 15) is 0 Å². The molecule has 2 aromatic carbocycles. The Balaban J connectivity index is 1.70. The molecular weight excluding hydrogens is 312 g/mol. The van der Waals surface area contributed by atoms with Crippen LogP contribution in [0.2, 0.25) is 0 Å². The van der Waals surface area contributed by atoms with Crippen molar-refractivity contribution >= 4 is 34.5 Å². The second kappa shape index (κ2) is 6.99. The molecule has 2 nitrogen and oxygen atoms in total. The molecule has 1 aliphatic heterocycles. The summed E-state index contributed by atoms with van der Waals surface area (Å²) in [6.45, 7) is 0. The molecule has 0 radical (unpaired) electrons. The summed E-state index contributed by atoms with van der Waals surface area (Å²) in [5.41, 5.74) is 2.40. The average Bonchev–Trinajstić information content (AvgIpc) is 3.04. The van der Waals surface area contributed by atoms with Gasteiger partial charge in [0.2, 0.25) is 0 Å². The molecule has 3 rings (SSSR count). The summed E-state index contributed by atoms with van der Waals surface area (Å²) in [7, 11) is 3.37. The lowest BCUT2D eigenvalue weighted by atomic mass is 10.2. The zero-order valence-electron chi connectivity index (χ0n) is 12.4. The fraction of sp³-hybridized carbons (Fsp3) is 0.111. The van der Waals surface area contributed by atoms with Crippen LogP contribution in [0.25, 0.3) is 11.0 Å². The van der Waals surface area contributed by atoms with Gasteiger partial charge < -0.3 is 9.47 Å². The molecular formula is C18H16O2S2. The normalized spacial score (nSPS) is 15.7. The zero-order chi connectivity index (χ0) is 15.4. The van der Waals surface area contributed by atoms with Crippen molar-refractivity contribution in [1.29, 1.82) is 0 Å². The van der Waals surface area contributed by atoms with Gasteiger partial charge in [0, 0.05) is 9.14 Å². The van der Waals surface area contributed by atoms with Crippen molar-refractivity contribution < 1.29 is 9.47 Å². The van der Waals surface area contributed by atoms with Crippen molar-refractivity contribution in [3.8, 4) is 11.5 Å². The highest BCUT2D eigenvalue weighted by Gasteiger charge is 2.13. The summed E-state index contributed by atoms with van der Waals surface area (Å²) in [5, 5.41) is 2.20. The molecule has 0 unspecified atom stereocenters. The summed E-state index contributed by atoms with van der Waals surface area (Å²) in [5.74, 6) is 1.76. The predicted molar refractivity (Wildman–Crippen MR) is 97.1 cm³/mol. The van der Waals surface area contributed by atoms with Crippen LogP contribution in [0, 0.1) is 0 Å². The number of methoxy groups -OCH3 is 2. The molecule has 0 saturated heterocycles. The highest BCUT2D eigenvalue weighted by Crippen LogP contribution is 2.49. The number of rotatable bonds is 4. The van der Waals surface area contributed by atoms with Gasteiger partial charge in [-0.2, -0.15) is 0 Å². The first-order chi connectivity index (χ1) is 10.8. The smallest absolute Gasteiger partial charge is 0.118 e. The van der Waals surface area contributed by atoms with Gasteiger partial charge >= 0.3 is 0 Å². The SMILES string of the molecule is COc1ccc(/C=C2\SC=C(c3ccc(OC)cc3)S2)cc1. The fourth-order valence-electron chi connectivity index (χ4n) is 2.05. The highest BCUT2D eigenvalue weighted by atomic mass is 32.2. The molecule has 22 heavy (non-hydrogen) atoms. The number of benzene rings is 2. The number of hydrogen-bond acceptors (Lipinski definition) is 4. The Morgan fingerprint density at radius 2 is 1.41 bits per heavy atom. The van der Waals surface area contributed by atoms with E-state index in [2.05, 4.69) is 35.7 Å².